The number of allylic oxidation sites excluding steroid dienone is 4. The molecule has 1 rings (SSSR count). The van der Waals surface area contributed by atoms with E-state index in [1.165, 1.54) is 12.2 Å². The molecule has 0 atom stereocenters. The van der Waals surface area contributed by atoms with Crippen LogP contribution in [0.1, 0.15) is 27.7 Å². The highest BCUT2D eigenvalue weighted by Gasteiger charge is 2.43. The van der Waals surface area contributed by atoms with Gasteiger partial charge in [-0.25, -0.2) is 0 Å². The van der Waals surface area contributed by atoms with Gasteiger partial charge in [0.15, 0.2) is 11.5 Å². The van der Waals surface area contributed by atoms with E-state index < -0.39 is 6.29 Å². The lowest BCUT2D eigenvalue weighted by Gasteiger charge is -2.06. The van der Waals surface area contributed by atoms with Gasteiger partial charge in [0.05, 0.1) is 0 Å². The molecule has 0 spiro atoms. The van der Waals surface area contributed by atoms with Crippen molar-refractivity contribution in [3.8, 4) is 0 Å². The SMILES string of the molecule is C/C=C\C1=C(/C=C\C)OC(F)(F)O1.CC. The first-order valence-corrected chi connectivity index (χ1v) is 4.84. The second-order valence-corrected chi connectivity index (χ2v) is 2.40. The summed E-state index contributed by atoms with van der Waals surface area (Å²) in [5.74, 6) is 0.0937. The van der Waals surface area contributed by atoms with Crippen LogP contribution in [0.25, 0.3) is 0 Å². The average Bonchev–Trinajstić information content (AvgIpc) is 2.46. The second kappa shape index (κ2) is 6.22. The van der Waals surface area contributed by atoms with Crippen LogP contribution in [-0.4, -0.2) is 6.29 Å². The summed E-state index contributed by atoms with van der Waals surface area (Å²) < 4.78 is 33.6. The standard InChI is InChI=1S/C9H10F2O2.C2H6/c1-3-5-7-8(6-4-2)13-9(10,11)12-7;1-2/h3-6H,1-2H3;1-2H3/b5-3-,6-4-;. The van der Waals surface area contributed by atoms with E-state index >= 15 is 0 Å². The molecule has 0 saturated carbocycles. The molecule has 0 aromatic rings. The Morgan fingerprint density at radius 3 is 1.53 bits per heavy atom. The molecule has 4 heteroatoms. The molecule has 1 heterocycles. The number of hydrogen-bond donors (Lipinski definition) is 0. The van der Waals surface area contributed by atoms with Crippen LogP contribution in [0.15, 0.2) is 35.8 Å². The predicted octanol–water partition coefficient (Wildman–Crippen LogP) is 3.97. The zero-order valence-electron chi connectivity index (χ0n) is 9.38. The number of ether oxygens (including phenoxy) is 2. The Morgan fingerprint density at radius 2 is 1.27 bits per heavy atom. The number of rotatable bonds is 2. The maximum absolute atomic E-state index is 12.5. The molecule has 0 bridgehead atoms. The molecule has 86 valence electrons. The van der Waals surface area contributed by atoms with Gasteiger partial charge in [-0.1, -0.05) is 26.0 Å². The predicted molar refractivity (Wildman–Crippen MR) is 55.1 cm³/mol. The molecule has 2 nitrogen and oxygen atoms in total. The van der Waals surface area contributed by atoms with Gasteiger partial charge in [-0.2, -0.15) is 0 Å². The van der Waals surface area contributed by atoms with Crippen LogP contribution in [0.5, 0.6) is 0 Å². The summed E-state index contributed by atoms with van der Waals surface area (Å²) in [6.07, 6.45) is 2.52. The summed E-state index contributed by atoms with van der Waals surface area (Å²) in [5.41, 5.74) is 0. The first-order chi connectivity index (χ1) is 7.09. The molecule has 1 aliphatic heterocycles. The maximum Gasteiger partial charge on any atom is 0.586 e. The molecular formula is C11H16F2O2. The molecule has 0 radical (unpaired) electrons. The fourth-order valence-electron chi connectivity index (χ4n) is 0.913. The molecule has 0 amide bonds. The number of halogens is 2. The third-order valence-electron chi connectivity index (χ3n) is 1.34. The Bertz CT molecular complexity index is 252. The van der Waals surface area contributed by atoms with Gasteiger partial charge in [-0.05, 0) is 26.0 Å². The van der Waals surface area contributed by atoms with Crippen molar-refractivity contribution >= 4 is 0 Å². The van der Waals surface area contributed by atoms with Gasteiger partial charge in [0.2, 0.25) is 0 Å². The zero-order valence-corrected chi connectivity index (χ0v) is 9.38. The quantitative estimate of drug-likeness (QED) is 0.698. The van der Waals surface area contributed by atoms with Crippen molar-refractivity contribution in [1.29, 1.82) is 0 Å². The molecular weight excluding hydrogens is 202 g/mol. The van der Waals surface area contributed by atoms with E-state index in [1.807, 2.05) is 13.8 Å². The summed E-state index contributed by atoms with van der Waals surface area (Å²) in [7, 11) is 0. The van der Waals surface area contributed by atoms with Crippen molar-refractivity contribution in [3.05, 3.63) is 35.8 Å². The zero-order chi connectivity index (χ0) is 11.9. The van der Waals surface area contributed by atoms with Gasteiger partial charge in [0.25, 0.3) is 0 Å². The summed E-state index contributed by atoms with van der Waals surface area (Å²) in [4.78, 5) is 0. The maximum atomic E-state index is 12.5. The smallest absolute Gasteiger partial charge is 0.395 e. The Kier molecular flexibility index (Phi) is 5.67. The van der Waals surface area contributed by atoms with Crippen molar-refractivity contribution in [2.24, 2.45) is 0 Å². The Labute approximate surface area is 88.9 Å². The van der Waals surface area contributed by atoms with Crippen LogP contribution in [0, 0.1) is 0 Å². The van der Waals surface area contributed by atoms with E-state index in [1.54, 1.807) is 26.0 Å². The molecule has 0 fully saturated rings. The highest BCUT2D eigenvalue weighted by atomic mass is 19.3. The lowest BCUT2D eigenvalue weighted by molar-refractivity contribution is -0.335. The first-order valence-electron chi connectivity index (χ1n) is 4.84. The van der Waals surface area contributed by atoms with Crippen molar-refractivity contribution in [1.82, 2.24) is 0 Å². The number of alkyl halides is 2. The summed E-state index contributed by atoms with van der Waals surface area (Å²) in [6, 6.07) is 0. The van der Waals surface area contributed by atoms with Gasteiger partial charge in [0, 0.05) is 0 Å². The largest absolute Gasteiger partial charge is 0.586 e. The van der Waals surface area contributed by atoms with Crippen molar-refractivity contribution in [2.45, 2.75) is 34.0 Å². The molecule has 0 aromatic carbocycles. The van der Waals surface area contributed by atoms with Crippen LogP contribution in [0.4, 0.5) is 8.78 Å². The molecule has 15 heavy (non-hydrogen) atoms. The minimum Gasteiger partial charge on any atom is -0.395 e. The van der Waals surface area contributed by atoms with Crippen molar-refractivity contribution in [2.75, 3.05) is 0 Å². The van der Waals surface area contributed by atoms with Crippen LogP contribution in [-0.2, 0) is 9.47 Å². The average molecular weight is 218 g/mol. The molecule has 0 N–H and O–H groups in total. The van der Waals surface area contributed by atoms with Crippen molar-refractivity contribution in [3.63, 3.8) is 0 Å². The summed E-state index contributed by atoms with van der Waals surface area (Å²) >= 11 is 0. The van der Waals surface area contributed by atoms with Crippen LogP contribution < -0.4 is 0 Å². The highest BCUT2D eigenvalue weighted by molar-refractivity contribution is 5.26. The monoisotopic (exact) mass is 218 g/mol. The highest BCUT2D eigenvalue weighted by Crippen LogP contribution is 2.34. The molecule has 0 saturated heterocycles. The second-order valence-electron chi connectivity index (χ2n) is 2.40. The normalized spacial score (nSPS) is 18.8. The van der Waals surface area contributed by atoms with Gasteiger partial charge >= 0.3 is 6.29 Å². The fraction of sp³-hybridized carbons (Fsp3) is 0.455. The van der Waals surface area contributed by atoms with Gasteiger partial charge in [-0.3, -0.25) is 0 Å². The third-order valence-corrected chi connectivity index (χ3v) is 1.34. The Morgan fingerprint density at radius 1 is 0.933 bits per heavy atom. The molecule has 0 aromatic heterocycles. The van der Waals surface area contributed by atoms with E-state index in [2.05, 4.69) is 9.47 Å². The topological polar surface area (TPSA) is 18.5 Å². The lowest BCUT2D eigenvalue weighted by atomic mass is 10.3. The summed E-state index contributed by atoms with van der Waals surface area (Å²) in [5, 5.41) is 0. The van der Waals surface area contributed by atoms with Crippen molar-refractivity contribution < 1.29 is 18.3 Å². The van der Waals surface area contributed by atoms with Crippen LogP contribution in [0.2, 0.25) is 0 Å². The Balaban J connectivity index is 0.000000921. The van der Waals surface area contributed by atoms with E-state index in [0.29, 0.717) is 0 Å². The lowest BCUT2D eigenvalue weighted by Crippen LogP contribution is -2.16. The van der Waals surface area contributed by atoms with E-state index in [0.717, 1.165) is 0 Å². The minimum atomic E-state index is -3.54. The Hall–Kier alpha value is -1.32. The van der Waals surface area contributed by atoms with Gasteiger partial charge in [0.1, 0.15) is 0 Å². The molecule has 0 unspecified atom stereocenters. The fourth-order valence-corrected chi connectivity index (χ4v) is 0.913. The first kappa shape index (κ1) is 13.7. The minimum absolute atomic E-state index is 0.0469. The van der Waals surface area contributed by atoms with Crippen LogP contribution in [0.3, 0.4) is 0 Å². The van der Waals surface area contributed by atoms with Gasteiger partial charge < -0.3 is 9.47 Å². The molecule has 1 aliphatic rings. The molecule has 0 aliphatic carbocycles. The van der Waals surface area contributed by atoms with E-state index in [4.69, 9.17) is 0 Å². The van der Waals surface area contributed by atoms with E-state index in [9.17, 15) is 8.78 Å². The van der Waals surface area contributed by atoms with E-state index in [-0.39, 0.29) is 11.5 Å². The van der Waals surface area contributed by atoms with Gasteiger partial charge in [-0.15, -0.1) is 8.78 Å². The summed E-state index contributed by atoms with van der Waals surface area (Å²) in [6.45, 7) is 7.42. The third kappa shape index (κ3) is 4.14. The number of hydrogen-bond acceptors (Lipinski definition) is 2. The van der Waals surface area contributed by atoms with Crippen LogP contribution >= 0.6 is 0 Å².